The molecule has 2 heterocycles. The van der Waals surface area contributed by atoms with Gasteiger partial charge in [-0.3, -0.25) is 9.48 Å². The molecule has 1 amide bonds. The van der Waals surface area contributed by atoms with E-state index in [4.69, 9.17) is 4.74 Å². The van der Waals surface area contributed by atoms with Crippen LogP contribution in [0.15, 0.2) is 12.4 Å². The molecule has 5 nitrogen and oxygen atoms in total. The summed E-state index contributed by atoms with van der Waals surface area (Å²) < 4.78 is 7.29. The number of carbonyl (C=O) groups is 1. The van der Waals surface area contributed by atoms with Gasteiger partial charge in [0.05, 0.1) is 6.20 Å². The third-order valence-electron chi connectivity index (χ3n) is 3.39. The summed E-state index contributed by atoms with van der Waals surface area (Å²) in [5.74, 6) is 0.0196. The van der Waals surface area contributed by atoms with Gasteiger partial charge in [0.2, 0.25) is 0 Å². The first-order valence-electron chi connectivity index (χ1n) is 6.50. The standard InChI is InChI=1S/C13H21N3O2/c1-13(6-4-8-18-13)12(17)14-7-3-5-11-9-15-16(2)10-11/h9-10H,3-8H2,1-2H3,(H,14,17)/t13-/m0/s1. The van der Waals surface area contributed by atoms with E-state index in [1.54, 1.807) is 4.68 Å². The summed E-state index contributed by atoms with van der Waals surface area (Å²) in [6.45, 7) is 3.25. The minimum atomic E-state index is -0.603. The second-order valence-electron chi connectivity index (χ2n) is 5.06. The maximum atomic E-state index is 11.9. The Kier molecular flexibility index (Phi) is 4.01. The maximum absolute atomic E-state index is 11.9. The van der Waals surface area contributed by atoms with Crippen LogP contribution in [0.5, 0.6) is 0 Å². The van der Waals surface area contributed by atoms with Crippen molar-refractivity contribution < 1.29 is 9.53 Å². The minimum Gasteiger partial charge on any atom is -0.365 e. The molecule has 100 valence electrons. The van der Waals surface area contributed by atoms with Gasteiger partial charge >= 0.3 is 0 Å². The fourth-order valence-electron chi connectivity index (χ4n) is 2.24. The third kappa shape index (κ3) is 3.10. The molecule has 2 rings (SSSR count). The van der Waals surface area contributed by atoms with Gasteiger partial charge in [0.15, 0.2) is 0 Å². The first-order valence-corrected chi connectivity index (χ1v) is 6.50. The number of amides is 1. The molecule has 1 atom stereocenters. The van der Waals surface area contributed by atoms with E-state index < -0.39 is 5.60 Å². The van der Waals surface area contributed by atoms with Gasteiger partial charge in [-0.05, 0) is 38.2 Å². The first-order chi connectivity index (χ1) is 8.60. The van der Waals surface area contributed by atoms with Crippen LogP contribution in [0.3, 0.4) is 0 Å². The summed E-state index contributed by atoms with van der Waals surface area (Å²) in [7, 11) is 1.91. The second-order valence-corrected chi connectivity index (χ2v) is 5.06. The second kappa shape index (κ2) is 5.52. The van der Waals surface area contributed by atoms with Crippen LogP contribution in [-0.2, 0) is 23.0 Å². The zero-order chi connectivity index (χ0) is 13.0. The molecular weight excluding hydrogens is 230 g/mol. The van der Waals surface area contributed by atoms with Gasteiger partial charge in [-0.25, -0.2) is 0 Å². The van der Waals surface area contributed by atoms with E-state index in [1.165, 1.54) is 5.56 Å². The fourth-order valence-corrected chi connectivity index (χ4v) is 2.24. The van der Waals surface area contributed by atoms with E-state index in [2.05, 4.69) is 10.4 Å². The Balaban J connectivity index is 1.67. The molecule has 1 saturated heterocycles. The highest BCUT2D eigenvalue weighted by Gasteiger charge is 2.37. The Morgan fingerprint density at radius 3 is 3.11 bits per heavy atom. The molecule has 18 heavy (non-hydrogen) atoms. The van der Waals surface area contributed by atoms with Gasteiger partial charge in [0, 0.05) is 26.4 Å². The molecule has 0 radical (unpaired) electrons. The summed E-state index contributed by atoms with van der Waals surface area (Å²) >= 11 is 0. The Morgan fingerprint density at radius 2 is 2.50 bits per heavy atom. The van der Waals surface area contributed by atoms with Crippen LogP contribution in [0.4, 0.5) is 0 Å². The number of aryl methyl sites for hydroxylation is 2. The molecule has 0 saturated carbocycles. The highest BCUT2D eigenvalue weighted by molar-refractivity contribution is 5.84. The normalized spacial score (nSPS) is 23.2. The summed E-state index contributed by atoms with van der Waals surface area (Å²) in [4.78, 5) is 11.9. The van der Waals surface area contributed by atoms with Gasteiger partial charge in [-0.2, -0.15) is 5.10 Å². The van der Waals surface area contributed by atoms with Gasteiger partial charge in [-0.15, -0.1) is 0 Å². The minimum absolute atomic E-state index is 0.0196. The number of hydrogen-bond acceptors (Lipinski definition) is 3. The molecule has 1 aromatic rings. The quantitative estimate of drug-likeness (QED) is 0.795. The molecule has 0 bridgehead atoms. The van der Waals surface area contributed by atoms with Crippen molar-refractivity contribution in [3.8, 4) is 0 Å². The lowest BCUT2D eigenvalue weighted by atomic mass is 10.0. The Hall–Kier alpha value is -1.36. The molecule has 0 spiro atoms. The van der Waals surface area contributed by atoms with E-state index in [-0.39, 0.29) is 5.91 Å². The summed E-state index contributed by atoms with van der Waals surface area (Å²) in [5.41, 5.74) is 0.601. The molecule has 1 fully saturated rings. The maximum Gasteiger partial charge on any atom is 0.251 e. The zero-order valence-corrected chi connectivity index (χ0v) is 11.1. The lowest BCUT2D eigenvalue weighted by Gasteiger charge is -2.21. The topological polar surface area (TPSA) is 56.2 Å². The van der Waals surface area contributed by atoms with Crippen LogP contribution < -0.4 is 5.32 Å². The van der Waals surface area contributed by atoms with Gasteiger partial charge in [-0.1, -0.05) is 0 Å². The monoisotopic (exact) mass is 251 g/mol. The van der Waals surface area contributed by atoms with E-state index >= 15 is 0 Å². The molecule has 0 aromatic carbocycles. The smallest absolute Gasteiger partial charge is 0.251 e. The van der Waals surface area contributed by atoms with Crippen molar-refractivity contribution in [2.24, 2.45) is 7.05 Å². The molecule has 0 unspecified atom stereocenters. The van der Waals surface area contributed by atoms with Crippen molar-refractivity contribution in [1.29, 1.82) is 0 Å². The first kappa shape index (κ1) is 13.1. The predicted octanol–water partition coefficient (Wildman–Crippen LogP) is 1.04. The van der Waals surface area contributed by atoms with Crippen molar-refractivity contribution in [1.82, 2.24) is 15.1 Å². The lowest BCUT2D eigenvalue weighted by molar-refractivity contribution is -0.139. The average Bonchev–Trinajstić information content (AvgIpc) is 2.94. The number of rotatable bonds is 5. The van der Waals surface area contributed by atoms with Gasteiger partial charge in [0.1, 0.15) is 5.60 Å². The fraction of sp³-hybridized carbons (Fsp3) is 0.692. The molecule has 0 aliphatic carbocycles. The summed E-state index contributed by atoms with van der Waals surface area (Å²) in [6.07, 6.45) is 7.52. The zero-order valence-electron chi connectivity index (χ0n) is 11.1. The molecule has 1 N–H and O–H groups in total. The van der Waals surface area contributed by atoms with Crippen LogP contribution >= 0.6 is 0 Å². The van der Waals surface area contributed by atoms with Crippen molar-refractivity contribution in [3.05, 3.63) is 18.0 Å². The van der Waals surface area contributed by atoms with Gasteiger partial charge < -0.3 is 10.1 Å². The SMILES string of the molecule is Cn1cc(CCCNC(=O)[C@]2(C)CCCO2)cn1. The van der Waals surface area contributed by atoms with Gasteiger partial charge in [0.25, 0.3) is 5.91 Å². The van der Waals surface area contributed by atoms with E-state index in [9.17, 15) is 4.79 Å². The van der Waals surface area contributed by atoms with E-state index in [0.717, 1.165) is 25.7 Å². The van der Waals surface area contributed by atoms with E-state index in [1.807, 2.05) is 26.4 Å². The van der Waals surface area contributed by atoms with Crippen LogP contribution in [0, 0.1) is 0 Å². The number of carbonyl (C=O) groups excluding carboxylic acids is 1. The largest absolute Gasteiger partial charge is 0.365 e. The van der Waals surface area contributed by atoms with Crippen molar-refractivity contribution in [2.45, 2.75) is 38.2 Å². The van der Waals surface area contributed by atoms with Crippen LogP contribution in [-0.4, -0.2) is 34.4 Å². The van der Waals surface area contributed by atoms with Crippen molar-refractivity contribution in [2.75, 3.05) is 13.2 Å². The number of nitrogens with zero attached hydrogens (tertiary/aromatic N) is 2. The molecular formula is C13H21N3O2. The van der Waals surface area contributed by atoms with Crippen molar-refractivity contribution in [3.63, 3.8) is 0 Å². The highest BCUT2D eigenvalue weighted by atomic mass is 16.5. The van der Waals surface area contributed by atoms with Crippen molar-refractivity contribution >= 4 is 5.91 Å². The number of aromatic nitrogens is 2. The molecule has 5 heteroatoms. The molecule has 1 aromatic heterocycles. The number of nitrogens with one attached hydrogen (secondary N) is 1. The van der Waals surface area contributed by atoms with Crippen LogP contribution in [0.2, 0.25) is 0 Å². The Labute approximate surface area is 108 Å². The summed E-state index contributed by atoms with van der Waals surface area (Å²) in [6, 6.07) is 0. The molecule has 1 aliphatic rings. The Bertz CT molecular complexity index is 408. The lowest BCUT2D eigenvalue weighted by Crippen LogP contribution is -2.44. The molecule has 1 aliphatic heterocycles. The summed E-state index contributed by atoms with van der Waals surface area (Å²) in [5, 5.41) is 7.06. The highest BCUT2D eigenvalue weighted by Crippen LogP contribution is 2.24. The van der Waals surface area contributed by atoms with Crippen LogP contribution in [0.25, 0.3) is 0 Å². The number of ether oxygens (including phenoxy) is 1. The number of hydrogen-bond donors (Lipinski definition) is 1. The Morgan fingerprint density at radius 1 is 1.67 bits per heavy atom. The third-order valence-corrected chi connectivity index (χ3v) is 3.39. The van der Waals surface area contributed by atoms with Crippen LogP contribution in [0.1, 0.15) is 31.7 Å². The van der Waals surface area contributed by atoms with E-state index in [0.29, 0.717) is 13.2 Å². The average molecular weight is 251 g/mol. The predicted molar refractivity (Wildman–Crippen MR) is 68.1 cm³/mol.